The number of ether oxygens (including phenoxy) is 5. The number of rotatable bonds is 9. The molecule has 0 saturated carbocycles. The Morgan fingerprint density at radius 2 is 1.76 bits per heavy atom. The fourth-order valence-electron chi connectivity index (χ4n) is 5.11. The van der Waals surface area contributed by atoms with Crippen molar-refractivity contribution in [2.24, 2.45) is 0 Å². The summed E-state index contributed by atoms with van der Waals surface area (Å²) in [6, 6.07) is 12.5. The van der Waals surface area contributed by atoms with E-state index in [1.54, 1.807) is 75.2 Å². The Kier molecular flexibility index (Phi) is 10.4. The summed E-state index contributed by atoms with van der Waals surface area (Å²) in [5, 5.41) is 4.75. The van der Waals surface area contributed by atoms with Gasteiger partial charge in [-0.2, -0.15) is 0 Å². The summed E-state index contributed by atoms with van der Waals surface area (Å²) in [7, 11) is 5.77. The number of methoxy groups -OCH3 is 3. The molecule has 1 N–H and O–H groups in total. The second-order valence-corrected chi connectivity index (χ2v) is 12.0. The Morgan fingerprint density at radius 3 is 2.41 bits per heavy atom. The minimum absolute atomic E-state index is 0.0451. The molecule has 0 saturated heterocycles. The van der Waals surface area contributed by atoms with E-state index in [1.807, 2.05) is 13.0 Å². The van der Waals surface area contributed by atoms with Crippen LogP contribution in [0.3, 0.4) is 0 Å². The smallest absolute Gasteiger partial charge is 0.410 e. The van der Waals surface area contributed by atoms with Crippen molar-refractivity contribution in [1.29, 1.82) is 0 Å². The molecule has 0 fully saturated rings. The zero-order valence-corrected chi connectivity index (χ0v) is 27.5. The molecule has 4 rings (SSSR count). The number of benzene rings is 3. The number of nitrogens with zero attached hydrogens (tertiary/aromatic N) is 2. The van der Waals surface area contributed by atoms with E-state index in [-0.39, 0.29) is 43.0 Å². The normalized spacial score (nSPS) is 15.3. The van der Waals surface area contributed by atoms with Crippen LogP contribution in [-0.2, 0) is 25.5 Å². The molecule has 1 aliphatic heterocycles. The largest absolute Gasteiger partial charge is 0.496 e. The maximum atomic E-state index is 14.3. The number of hydrogen-bond acceptors (Lipinski definition) is 10. The number of amides is 2. The van der Waals surface area contributed by atoms with Gasteiger partial charge in [-0.1, -0.05) is 18.2 Å². The average molecular weight is 636 g/mol. The van der Waals surface area contributed by atoms with Gasteiger partial charge in [-0.05, 0) is 68.8 Å². The summed E-state index contributed by atoms with van der Waals surface area (Å²) in [4.78, 5) is 54.9. The van der Waals surface area contributed by atoms with Crippen LogP contribution < -0.4 is 19.7 Å². The predicted molar refractivity (Wildman–Crippen MR) is 172 cm³/mol. The van der Waals surface area contributed by atoms with Crippen LogP contribution in [-0.4, -0.2) is 88.1 Å². The molecule has 12 nitrogen and oxygen atoms in total. The van der Waals surface area contributed by atoms with Crippen LogP contribution in [0.2, 0.25) is 0 Å². The third kappa shape index (κ3) is 7.34. The third-order valence-electron chi connectivity index (χ3n) is 7.70. The minimum atomic E-state index is -0.848. The lowest BCUT2D eigenvalue weighted by atomic mass is 10.00. The molecule has 1 aliphatic rings. The van der Waals surface area contributed by atoms with Gasteiger partial charge in [-0.3, -0.25) is 4.79 Å². The van der Waals surface area contributed by atoms with Crippen molar-refractivity contribution in [2.45, 2.75) is 51.9 Å². The van der Waals surface area contributed by atoms with Gasteiger partial charge >= 0.3 is 18.0 Å². The number of likely N-dealkylation sites (N-methyl/N-ethyl adjacent to an activating group) is 1. The van der Waals surface area contributed by atoms with Crippen LogP contribution in [0.15, 0.2) is 48.5 Å². The summed E-state index contributed by atoms with van der Waals surface area (Å²) in [6.07, 6.45) is -0.486. The van der Waals surface area contributed by atoms with E-state index < -0.39 is 29.7 Å². The van der Waals surface area contributed by atoms with Gasteiger partial charge in [0.25, 0.3) is 0 Å². The summed E-state index contributed by atoms with van der Waals surface area (Å²) in [6.45, 7) is 7.42. The molecule has 1 heterocycles. The van der Waals surface area contributed by atoms with Crippen molar-refractivity contribution in [1.82, 2.24) is 10.2 Å². The van der Waals surface area contributed by atoms with E-state index in [1.165, 1.54) is 26.2 Å². The second-order valence-electron chi connectivity index (χ2n) is 12.0. The van der Waals surface area contributed by atoms with Gasteiger partial charge in [0.2, 0.25) is 5.91 Å². The summed E-state index contributed by atoms with van der Waals surface area (Å²) in [5.41, 5.74) is 0.952. The Labute approximate surface area is 268 Å². The Hall–Kier alpha value is -4.84. The molecule has 0 aromatic heterocycles. The van der Waals surface area contributed by atoms with Crippen molar-refractivity contribution in [2.75, 3.05) is 46.4 Å². The van der Waals surface area contributed by atoms with Gasteiger partial charge in [0, 0.05) is 25.2 Å². The monoisotopic (exact) mass is 635 g/mol. The van der Waals surface area contributed by atoms with Gasteiger partial charge in [0.15, 0.2) is 5.75 Å². The van der Waals surface area contributed by atoms with Crippen LogP contribution in [0.4, 0.5) is 10.5 Å². The maximum Gasteiger partial charge on any atom is 0.410 e. The number of fused-ring (bicyclic) bond motifs is 2. The van der Waals surface area contributed by atoms with E-state index in [2.05, 4.69) is 5.32 Å². The molecule has 2 amide bonds. The molecule has 0 spiro atoms. The minimum Gasteiger partial charge on any atom is -0.496 e. The van der Waals surface area contributed by atoms with Crippen LogP contribution in [0, 0.1) is 0 Å². The van der Waals surface area contributed by atoms with Crippen LogP contribution >= 0.6 is 0 Å². The van der Waals surface area contributed by atoms with Crippen molar-refractivity contribution >= 4 is 40.4 Å². The first-order chi connectivity index (χ1) is 21.8. The molecule has 0 radical (unpaired) electrons. The summed E-state index contributed by atoms with van der Waals surface area (Å²) >= 11 is 0. The Morgan fingerprint density at radius 1 is 1.04 bits per heavy atom. The molecule has 246 valence electrons. The molecule has 0 aliphatic carbocycles. The Balaban J connectivity index is 1.73. The molecule has 12 heteroatoms. The zero-order valence-electron chi connectivity index (χ0n) is 27.5. The summed E-state index contributed by atoms with van der Waals surface area (Å²) < 4.78 is 27.2. The molecule has 1 unspecified atom stereocenters. The van der Waals surface area contributed by atoms with Gasteiger partial charge in [0.05, 0.1) is 39.1 Å². The second kappa shape index (κ2) is 14.1. The first-order valence-corrected chi connectivity index (χ1v) is 14.8. The quantitative estimate of drug-likeness (QED) is 0.264. The molecule has 3 aromatic rings. The van der Waals surface area contributed by atoms with Crippen molar-refractivity contribution < 1.29 is 42.9 Å². The highest BCUT2D eigenvalue weighted by Crippen LogP contribution is 2.38. The topological polar surface area (TPSA) is 133 Å². The lowest BCUT2D eigenvalue weighted by Gasteiger charge is -2.30. The fourth-order valence-corrected chi connectivity index (χ4v) is 5.11. The molecular weight excluding hydrogens is 594 g/mol. The van der Waals surface area contributed by atoms with Crippen LogP contribution in [0.1, 0.15) is 54.0 Å². The van der Waals surface area contributed by atoms with Crippen molar-refractivity contribution in [3.8, 4) is 11.5 Å². The van der Waals surface area contributed by atoms with Crippen LogP contribution in [0.5, 0.6) is 11.5 Å². The lowest BCUT2D eigenvalue weighted by molar-refractivity contribution is -0.121. The number of carbonyl (C=O) groups is 4. The first-order valence-electron chi connectivity index (χ1n) is 14.8. The molecule has 3 aromatic carbocycles. The lowest BCUT2D eigenvalue weighted by Crippen LogP contribution is -2.52. The molecule has 0 bridgehead atoms. The number of hydrogen-bond donors (Lipinski definition) is 1. The predicted octanol–water partition coefficient (Wildman–Crippen LogP) is 4.56. The zero-order chi connectivity index (χ0) is 33.8. The van der Waals surface area contributed by atoms with Gasteiger partial charge in [-0.25, -0.2) is 14.4 Å². The number of anilines is 1. The SMILES string of the molecule is COC(=O)c1ccc2c(CN3C(=O)C(NC[C@H](C)N(C)C(=O)OC(C)(C)C)COc4c(C(=O)OC)cccc43)c(OC)ccc2c1. The number of para-hydroxylation sites is 1. The van der Waals surface area contributed by atoms with Crippen molar-refractivity contribution in [3.05, 3.63) is 65.2 Å². The molecule has 46 heavy (non-hydrogen) atoms. The first kappa shape index (κ1) is 34.0. The highest BCUT2D eigenvalue weighted by Gasteiger charge is 2.35. The fraction of sp³-hybridized carbons (Fsp3) is 0.412. The van der Waals surface area contributed by atoms with Gasteiger partial charge in [-0.15, -0.1) is 0 Å². The number of carbonyl (C=O) groups excluding carboxylic acids is 4. The van der Waals surface area contributed by atoms with Gasteiger partial charge in [0.1, 0.15) is 29.6 Å². The maximum absolute atomic E-state index is 14.3. The average Bonchev–Trinajstić information content (AvgIpc) is 3.17. The van der Waals surface area contributed by atoms with Crippen LogP contribution in [0.25, 0.3) is 10.8 Å². The number of esters is 2. The number of nitrogens with one attached hydrogen (secondary N) is 1. The standard InChI is InChI=1S/C34H41N3O9/c1-20(36(5)33(41)46-34(2,3)4)17-35-26-19-45-29-24(32(40)44-8)10-9-11-27(29)37(30(26)38)18-25-23-14-12-22(31(39)43-7)16-21(23)13-15-28(25)42-6/h9-16,20,26,35H,17-19H2,1-8H3/t20-,26?/m0/s1. The molecule has 2 atom stereocenters. The Bertz CT molecular complexity index is 1630. The van der Waals surface area contributed by atoms with E-state index in [0.29, 0.717) is 22.6 Å². The van der Waals surface area contributed by atoms with Gasteiger partial charge < -0.3 is 38.8 Å². The molecular formula is C34H41N3O9. The van der Waals surface area contributed by atoms with E-state index in [9.17, 15) is 19.2 Å². The van der Waals surface area contributed by atoms with E-state index in [4.69, 9.17) is 23.7 Å². The highest BCUT2D eigenvalue weighted by molar-refractivity contribution is 6.04. The van der Waals surface area contributed by atoms with E-state index in [0.717, 1.165) is 10.8 Å². The third-order valence-corrected chi connectivity index (χ3v) is 7.70. The highest BCUT2D eigenvalue weighted by atomic mass is 16.6. The van der Waals surface area contributed by atoms with E-state index >= 15 is 0 Å². The summed E-state index contributed by atoms with van der Waals surface area (Å²) in [5.74, 6) is -0.666. The van der Waals surface area contributed by atoms with Crippen molar-refractivity contribution in [3.63, 3.8) is 0 Å².